The quantitative estimate of drug-likeness (QED) is 0.821. The fourth-order valence-corrected chi connectivity index (χ4v) is 3.46. The second-order valence-corrected chi connectivity index (χ2v) is 6.06. The van der Waals surface area contributed by atoms with Crippen molar-refractivity contribution in [2.75, 3.05) is 19.6 Å². The van der Waals surface area contributed by atoms with Crippen LogP contribution in [0.3, 0.4) is 0 Å². The predicted molar refractivity (Wildman–Crippen MR) is 74.2 cm³/mol. The number of likely N-dealkylation sites (tertiary alicyclic amines) is 1. The van der Waals surface area contributed by atoms with Gasteiger partial charge in [0.1, 0.15) is 0 Å². The summed E-state index contributed by atoms with van der Waals surface area (Å²) in [4.78, 5) is 14.7. The van der Waals surface area contributed by atoms with E-state index in [1.165, 1.54) is 44.9 Å². The average molecular weight is 252 g/mol. The maximum atomic E-state index is 12.6. The van der Waals surface area contributed by atoms with Crippen LogP contribution in [0.1, 0.15) is 57.8 Å². The summed E-state index contributed by atoms with van der Waals surface area (Å²) in [5.74, 6) is 1.28. The molecule has 2 rings (SSSR count). The number of nitrogens with zero attached hydrogens (tertiary/aromatic N) is 1. The first-order valence-electron chi connectivity index (χ1n) is 7.80. The number of rotatable bonds is 2. The Morgan fingerprint density at radius 1 is 1.00 bits per heavy atom. The van der Waals surface area contributed by atoms with Crippen molar-refractivity contribution in [3.8, 4) is 0 Å². The highest BCUT2D eigenvalue weighted by Gasteiger charge is 2.29. The van der Waals surface area contributed by atoms with Crippen LogP contribution in [0.15, 0.2) is 0 Å². The summed E-state index contributed by atoms with van der Waals surface area (Å²) >= 11 is 0. The minimum Gasteiger partial charge on any atom is -0.342 e. The Morgan fingerprint density at radius 3 is 2.33 bits per heavy atom. The summed E-state index contributed by atoms with van der Waals surface area (Å²) in [7, 11) is 0. The van der Waals surface area contributed by atoms with Crippen LogP contribution < -0.4 is 5.73 Å². The Balaban J connectivity index is 1.87. The Bertz CT molecular complexity index is 255. The van der Waals surface area contributed by atoms with E-state index in [1.54, 1.807) is 0 Å². The van der Waals surface area contributed by atoms with E-state index in [4.69, 9.17) is 5.73 Å². The van der Waals surface area contributed by atoms with E-state index in [0.717, 1.165) is 32.5 Å². The van der Waals surface area contributed by atoms with Crippen LogP contribution >= 0.6 is 0 Å². The number of carbonyl (C=O) groups is 1. The van der Waals surface area contributed by atoms with Gasteiger partial charge >= 0.3 is 0 Å². The van der Waals surface area contributed by atoms with Crippen LogP contribution in [0, 0.1) is 11.8 Å². The molecule has 3 heteroatoms. The number of hydrogen-bond acceptors (Lipinski definition) is 2. The predicted octanol–water partition coefficient (Wildman–Crippen LogP) is 2.54. The topological polar surface area (TPSA) is 46.3 Å². The van der Waals surface area contributed by atoms with Gasteiger partial charge in [-0.15, -0.1) is 0 Å². The van der Waals surface area contributed by atoms with Gasteiger partial charge in [-0.3, -0.25) is 4.79 Å². The number of nitrogens with two attached hydrogens (primary N) is 1. The van der Waals surface area contributed by atoms with Crippen molar-refractivity contribution < 1.29 is 4.79 Å². The van der Waals surface area contributed by atoms with Crippen molar-refractivity contribution in [2.24, 2.45) is 17.6 Å². The monoisotopic (exact) mass is 252 g/mol. The first-order valence-corrected chi connectivity index (χ1v) is 7.80. The Morgan fingerprint density at radius 2 is 1.67 bits per heavy atom. The lowest BCUT2D eigenvalue weighted by Gasteiger charge is -2.33. The molecule has 2 N–H and O–H groups in total. The highest BCUT2D eigenvalue weighted by Crippen LogP contribution is 2.30. The standard InChI is InChI=1S/C15H28N2O/c16-12-13-7-6-8-14(11-13)15(18)17-9-4-2-1-3-5-10-17/h13-14H,1-12,16H2. The molecule has 1 amide bonds. The Kier molecular flexibility index (Phi) is 5.48. The Hall–Kier alpha value is -0.570. The summed E-state index contributed by atoms with van der Waals surface area (Å²) in [5.41, 5.74) is 5.76. The number of hydrogen-bond donors (Lipinski definition) is 1. The van der Waals surface area contributed by atoms with Crippen molar-refractivity contribution >= 4 is 5.91 Å². The molecule has 0 aromatic carbocycles. The molecule has 18 heavy (non-hydrogen) atoms. The van der Waals surface area contributed by atoms with E-state index in [9.17, 15) is 4.79 Å². The minimum absolute atomic E-state index is 0.270. The number of amides is 1. The number of carbonyl (C=O) groups excluding carboxylic acids is 1. The molecule has 1 saturated heterocycles. The normalized spacial score (nSPS) is 30.6. The van der Waals surface area contributed by atoms with Gasteiger partial charge in [-0.05, 0) is 44.6 Å². The molecule has 2 atom stereocenters. The highest BCUT2D eigenvalue weighted by molar-refractivity contribution is 5.79. The fourth-order valence-electron chi connectivity index (χ4n) is 3.46. The smallest absolute Gasteiger partial charge is 0.225 e. The van der Waals surface area contributed by atoms with E-state index in [0.29, 0.717) is 11.8 Å². The van der Waals surface area contributed by atoms with E-state index >= 15 is 0 Å². The van der Waals surface area contributed by atoms with Gasteiger partial charge < -0.3 is 10.6 Å². The minimum atomic E-state index is 0.270. The Labute approximate surface area is 111 Å². The summed E-state index contributed by atoms with van der Waals surface area (Å²) in [6.45, 7) is 2.73. The molecule has 0 aromatic rings. The molecule has 0 spiro atoms. The zero-order valence-corrected chi connectivity index (χ0v) is 11.6. The van der Waals surface area contributed by atoms with Crippen molar-refractivity contribution in [3.05, 3.63) is 0 Å². The van der Waals surface area contributed by atoms with Gasteiger partial charge in [-0.2, -0.15) is 0 Å². The van der Waals surface area contributed by atoms with Gasteiger partial charge in [0.15, 0.2) is 0 Å². The third kappa shape index (κ3) is 3.71. The SMILES string of the molecule is NCC1CCCC(C(=O)N2CCCCCCC2)C1. The van der Waals surface area contributed by atoms with Crippen molar-refractivity contribution in [3.63, 3.8) is 0 Å². The van der Waals surface area contributed by atoms with Crippen LogP contribution in [0.2, 0.25) is 0 Å². The van der Waals surface area contributed by atoms with Crippen LogP contribution in [0.25, 0.3) is 0 Å². The largest absolute Gasteiger partial charge is 0.342 e. The van der Waals surface area contributed by atoms with Gasteiger partial charge in [0.2, 0.25) is 5.91 Å². The lowest BCUT2D eigenvalue weighted by molar-refractivity contribution is -0.137. The van der Waals surface area contributed by atoms with E-state index < -0.39 is 0 Å². The average Bonchev–Trinajstić information content (AvgIpc) is 2.38. The zero-order valence-electron chi connectivity index (χ0n) is 11.6. The van der Waals surface area contributed by atoms with Gasteiger partial charge in [0.25, 0.3) is 0 Å². The molecular weight excluding hydrogens is 224 g/mol. The summed E-state index contributed by atoms with van der Waals surface area (Å²) in [5, 5.41) is 0. The maximum Gasteiger partial charge on any atom is 0.225 e. The third-order valence-electron chi connectivity index (χ3n) is 4.63. The molecule has 1 aliphatic heterocycles. The van der Waals surface area contributed by atoms with Crippen molar-refractivity contribution in [1.82, 2.24) is 4.90 Å². The van der Waals surface area contributed by atoms with Crippen molar-refractivity contribution in [2.45, 2.75) is 57.8 Å². The van der Waals surface area contributed by atoms with Gasteiger partial charge in [-0.1, -0.05) is 25.7 Å². The molecule has 0 radical (unpaired) electrons. The molecule has 2 unspecified atom stereocenters. The summed E-state index contributed by atoms with van der Waals surface area (Å²) in [6.07, 6.45) is 10.8. The molecule has 3 nitrogen and oxygen atoms in total. The maximum absolute atomic E-state index is 12.6. The van der Waals surface area contributed by atoms with Crippen LogP contribution in [-0.2, 0) is 4.79 Å². The van der Waals surface area contributed by atoms with Crippen LogP contribution in [0.5, 0.6) is 0 Å². The van der Waals surface area contributed by atoms with Gasteiger partial charge in [0.05, 0.1) is 0 Å². The summed E-state index contributed by atoms with van der Waals surface area (Å²) in [6, 6.07) is 0. The van der Waals surface area contributed by atoms with Crippen molar-refractivity contribution in [1.29, 1.82) is 0 Å². The van der Waals surface area contributed by atoms with Crippen LogP contribution in [0.4, 0.5) is 0 Å². The molecule has 2 fully saturated rings. The second kappa shape index (κ2) is 7.13. The first-order chi connectivity index (χ1) is 8.81. The van der Waals surface area contributed by atoms with E-state index in [-0.39, 0.29) is 5.92 Å². The van der Waals surface area contributed by atoms with Crippen LogP contribution in [-0.4, -0.2) is 30.4 Å². The first kappa shape index (κ1) is 13.9. The fraction of sp³-hybridized carbons (Fsp3) is 0.933. The van der Waals surface area contributed by atoms with E-state index in [1.807, 2.05) is 0 Å². The molecule has 0 bridgehead atoms. The molecule has 2 aliphatic rings. The lowest BCUT2D eigenvalue weighted by Crippen LogP contribution is -2.40. The summed E-state index contributed by atoms with van der Waals surface area (Å²) < 4.78 is 0. The van der Waals surface area contributed by atoms with Gasteiger partial charge in [0, 0.05) is 19.0 Å². The molecule has 1 saturated carbocycles. The highest BCUT2D eigenvalue weighted by atomic mass is 16.2. The third-order valence-corrected chi connectivity index (χ3v) is 4.63. The second-order valence-electron chi connectivity index (χ2n) is 6.06. The molecular formula is C15H28N2O. The van der Waals surface area contributed by atoms with E-state index in [2.05, 4.69) is 4.90 Å². The zero-order chi connectivity index (χ0) is 12.8. The van der Waals surface area contributed by atoms with Gasteiger partial charge in [-0.25, -0.2) is 0 Å². The lowest BCUT2D eigenvalue weighted by atomic mass is 9.80. The molecule has 1 heterocycles. The molecule has 0 aromatic heterocycles. The molecule has 104 valence electrons. The molecule has 1 aliphatic carbocycles.